The summed E-state index contributed by atoms with van der Waals surface area (Å²) in [5.41, 5.74) is 7.11. The fraction of sp³-hybridized carbons (Fsp3) is 0.533. The van der Waals surface area contributed by atoms with E-state index in [1.54, 1.807) is 19.1 Å². The van der Waals surface area contributed by atoms with Crippen LogP contribution in [0.2, 0.25) is 0 Å². The van der Waals surface area contributed by atoms with Crippen LogP contribution in [0.4, 0.5) is 5.69 Å². The number of hydrogen-bond donors (Lipinski definition) is 2. The van der Waals surface area contributed by atoms with Gasteiger partial charge in [-0.25, -0.2) is 8.42 Å². The van der Waals surface area contributed by atoms with Crippen molar-refractivity contribution in [2.75, 3.05) is 11.1 Å². The van der Waals surface area contributed by atoms with Gasteiger partial charge in [-0.15, -0.1) is 0 Å². The van der Waals surface area contributed by atoms with Crippen molar-refractivity contribution >= 4 is 21.4 Å². The molecule has 1 rings (SSSR count). The lowest BCUT2D eigenvalue weighted by molar-refractivity contribution is -0.115. The van der Waals surface area contributed by atoms with Crippen LogP contribution in [-0.4, -0.2) is 25.3 Å². The number of rotatable bonds is 7. The normalized spacial score (nSPS) is 13.2. The first-order valence-electron chi connectivity index (χ1n) is 7.06. The molecule has 21 heavy (non-hydrogen) atoms. The third-order valence-corrected chi connectivity index (χ3v) is 6.04. The molecule has 0 fully saturated rings. The smallest absolute Gasteiger partial charge is 0.225 e. The maximum atomic E-state index is 12.0. The lowest BCUT2D eigenvalue weighted by atomic mass is 10.2. The zero-order valence-corrected chi connectivity index (χ0v) is 13.6. The number of carbonyl (C=O) groups excluding carboxylic acids is 1. The summed E-state index contributed by atoms with van der Waals surface area (Å²) in [7, 11) is -3.23. The number of anilines is 1. The summed E-state index contributed by atoms with van der Waals surface area (Å²) in [6.07, 6.45) is -0.0297. The maximum absolute atomic E-state index is 12.0. The van der Waals surface area contributed by atoms with Crippen molar-refractivity contribution in [2.24, 2.45) is 11.7 Å². The molecule has 0 aliphatic carbocycles. The van der Waals surface area contributed by atoms with E-state index in [1.165, 1.54) is 0 Å². The van der Waals surface area contributed by atoms with Crippen LogP contribution in [0.15, 0.2) is 24.3 Å². The average molecular weight is 312 g/mol. The zero-order chi connectivity index (χ0) is 16.0. The molecule has 0 saturated carbocycles. The molecule has 1 atom stereocenters. The molecule has 0 spiro atoms. The molecular weight excluding hydrogens is 288 g/mol. The van der Waals surface area contributed by atoms with Crippen LogP contribution in [0.5, 0.6) is 0 Å². The first-order chi connectivity index (χ1) is 9.76. The number of amides is 1. The van der Waals surface area contributed by atoms with Gasteiger partial charge in [0.15, 0.2) is 9.84 Å². The second-order valence-electron chi connectivity index (χ2n) is 5.52. The van der Waals surface area contributed by atoms with Gasteiger partial charge >= 0.3 is 0 Å². The van der Waals surface area contributed by atoms with Crippen LogP contribution in [-0.2, 0) is 21.2 Å². The van der Waals surface area contributed by atoms with Gasteiger partial charge in [0.25, 0.3) is 0 Å². The summed E-state index contributed by atoms with van der Waals surface area (Å²) >= 11 is 0. The Balaban J connectivity index is 2.54. The molecule has 0 saturated heterocycles. The standard InChI is InChI=1S/C15H24N2O3S/c1-11(2)12(3)21(19,20)9-8-15(18)17-14-6-4-13(10-16)5-7-14/h4-7,11-12H,8-10,16H2,1-3H3,(H,17,18). The Kier molecular flexibility index (Phi) is 6.36. The molecular formula is C15H24N2O3S. The fourth-order valence-corrected chi connectivity index (χ4v) is 3.45. The predicted molar refractivity (Wildman–Crippen MR) is 85.7 cm³/mol. The van der Waals surface area contributed by atoms with Crippen molar-refractivity contribution in [2.45, 2.75) is 39.0 Å². The second kappa shape index (κ2) is 7.56. The van der Waals surface area contributed by atoms with E-state index in [0.29, 0.717) is 12.2 Å². The number of nitrogens with two attached hydrogens (primary N) is 1. The molecule has 118 valence electrons. The quantitative estimate of drug-likeness (QED) is 0.805. The lowest BCUT2D eigenvalue weighted by Crippen LogP contribution is -2.28. The molecule has 0 radical (unpaired) electrons. The number of hydrogen-bond acceptors (Lipinski definition) is 4. The fourth-order valence-electron chi connectivity index (χ4n) is 1.78. The highest BCUT2D eigenvalue weighted by Gasteiger charge is 2.24. The second-order valence-corrected chi connectivity index (χ2v) is 7.99. The highest BCUT2D eigenvalue weighted by molar-refractivity contribution is 7.92. The SMILES string of the molecule is CC(C)C(C)S(=O)(=O)CCC(=O)Nc1ccc(CN)cc1. The van der Waals surface area contributed by atoms with Crippen LogP contribution in [0.25, 0.3) is 0 Å². The molecule has 1 aromatic rings. The number of nitrogens with one attached hydrogen (secondary N) is 1. The summed E-state index contributed by atoms with van der Waals surface area (Å²) in [6, 6.07) is 7.16. The Labute approximate surface area is 126 Å². The highest BCUT2D eigenvalue weighted by atomic mass is 32.2. The summed E-state index contributed by atoms with van der Waals surface area (Å²) in [6.45, 7) is 5.85. The van der Waals surface area contributed by atoms with Gasteiger partial charge in [0.2, 0.25) is 5.91 Å². The number of benzene rings is 1. The average Bonchev–Trinajstić information content (AvgIpc) is 2.45. The molecule has 0 heterocycles. The molecule has 0 aromatic heterocycles. The van der Waals surface area contributed by atoms with Gasteiger partial charge in [-0.1, -0.05) is 26.0 Å². The Bertz CT molecular complexity index is 565. The monoisotopic (exact) mass is 312 g/mol. The third-order valence-electron chi connectivity index (χ3n) is 3.59. The van der Waals surface area contributed by atoms with Crippen molar-refractivity contribution in [1.29, 1.82) is 0 Å². The lowest BCUT2D eigenvalue weighted by Gasteiger charge is -2.16. The summed E-state index contributed by atoms with van der Waals surface area (Å²) in [5, 5.41) is 2.25. The molecule has 0 bridgehead atoms. The van der Waals surface area contributed by atoms with Gasteiger partial charge in [-0.2, -0.15) is 0 Å². The van der Waals surface area contributed by atoms with Gasteiger partial charge in [0.05, 0.1) is 11.0 Å². The summed E-state index contributed by atoms with van der Waals surface area (Å²) < 4.78 is 24.0. The van der Waals surface area contributed by atoms with E-state index in [-0.39, 0.29) is 24.0 Å². The van der Waals surface area contributed by atoms with E-state index in [1.807, 2.05) is 26.0 Å². The van der Waals surface area contributed by atoms with Gasteiger partial charge in [0.1, 0.15) is 0 Å². The minimum Gasteiger partial charge on any atom is -0.326 e. The highest BCUT2D eigenvalue weighted by Crippen LogP contribution is 2.14. The minimum absolute atomic E-state index is 0.0297. The molecule has 1 unspecified atom stereocenters. The van der Waals surface area contributed by atoms with E-state index in [9.17, 15) is 13.2 Å². The van der Waals surface area contributed by atoms with Crippen LogP contribution >= 0.6 is 0 Å². The molecule has 6 heteroatoms. The van der Waals surface area contributed by atoms with Crippen LogP contribution in [0.3, 0.4) is 0 Å². The number of sulfone groups is 1. The van der Waals surface area contributed by atoms with Gasteiger partial charge in [0, 0.05) is 18.7 Å². The Hall–Kier alpha value is -1.40. The Morgan fingerprint density at radius 3 is 2.24 bits per heavy atom. The molecule has 5 nitrogen and oxygen atoms in total. The van der Waals surface area contributed by atoms with Gasteiger partial charge < -0.3 is 11.1 Å². The molecule has 0 aliphatic rings. The van der Waals surface area contributed by atoms with Crippen LogP contribution < -0.4 is 11.1 Å². The summed E-state index contributed by atoms with van der Waals surface area (Å²) in [5.74, 6) is -0.379. The molecule has 1 amide bonds. The van der Waals surface area contributed by atoms with Crippen LogP contribution in [0.1, 0.15) is 32.8 Å². The van der Waals surface area contributed by atoms with E-state index < -0.39 is 15.1 Å². The van der Waals surface area contributed by atoms with E-state index >= 15 is 0 Å². The van der Waals surface area contributed by atoms with Crippen LogP contribution in [0, 0.1) is 5.92 Å². The van der Waals surface area contributed by atoms with E-state index in [0.717, 1.165) is 5.56 Å². The first-order valence-corrected chi connectivity index (χ1v) is 8.78. The molecule has 3 N–H and O–H groups in total. The van der Waals surface area contributed by atoms with Gasteiger partial charge in [-0.05, 0) is 30.5 Å². The minimum atomic E-state index is -3.23. The Morgan fingerprint density at radius 1 is 1.19 bits per heavy atom. The van der Waals surface area contributed by atoms with Crippen molar-refractivity contribution in [1.82, 2.24) is 0 Å². The molecule has 0 aliphatic heterocycles. The first kappa shape index (κ1) is 17.7. The van der Waals surface area contributed by atoms with E-state index in [2.05, 4.69) is 5.32 Å². The largest absolute Gasteiger partial charge is 0.326 e. The zero-order valence-electron chi connectivity index (χ0n) is 12.8. The van der Waals surface area contributed by atoms with Crippen molar-refractivity contribution in [3.05, 3.63) is 29.8 Å². The topological polar surface area (TPSA) is 89.3 Å². The van der Waals surface area contributed by atoms with Crippen molar-refractivity contribution in [3.63, 3.8) is 0 Å². The molecule has 1 aromatic carbocycles. The van der Waals surface area contributed by atoms with Gasteiger partial charge in [-0.3, -0.25) is 4.79 Å². The predicted octanol–water partition coefficient (Wildman–Crippen LogP) is 1.93. The van der Waals surface area contributed by atoms with Crippen molar-refractivity contribution < 1.29 is 13.2 Å². The Morgan fingerprint density at radius 2 is 1.76 bits per heavy atom. The summed E-state index contributed by atoms with van der Waals surface area (Å²) in [4.78, 5) is 11.8. The third kappa shape index (κ3) is 5.47. The maximum Gasteiger partial charge on any atom is 0.225 e. The van der Waals surface area contributed by atoms with Crippen molar-refractivity contribution in [3.8, 4) is 0 Å². The number of carbonyl (C=O) groups is 1. The van der Waals surface area contributed by atoms with E-state index in [4.69, 9.17) is 5.73 Å².